The van der Waals surface area contributed by atoms with Crippen LogP contribution in [0.5, 0.6) is 0 Å². The van der Waals surface area contributed by atoms with E-state index in [0.29, 0.717) is 6.04 Å². The molecular weight excluding hydrogens is 440 g/mol. The van der Waals surface area contributed by atoms with Crippen molar-refractivity contribution >= 4 is 32.7 Å². The molecule has 3 heterocycles. The molecule has 2 aromatic heterocycles. The number of aromatic nitrogens is 4. The van der Waals surface area contributed by atoms with Crippen LogP contribution in [0.2, 0.25) is 0 Å². The van der Waals surface area contributed by atoms with Crippen LogP contribution in [0.1, 0.15) is 24.4 Å². The zero-order valence-corrected chi connectivity index (χ0v) is 18.2. The van der Waals surface area contributed by atoms with Gasteiger partial charge in [-0.25, -0.2) is 4.98 Å². The summed E-state index contributed by atoms with van der Waals surface area (Å²) in [4.78, 5) is 11.8. The topological polar surface area (TPSA) is 72.9 Å². The third-order valence-electron chi connectivity index (χ3n) is 5.71. The van der Waals surface area contributed by atoms with E-state index < -0.39 is 0 Å². The van der Waals surface area contributed by atoms with E-state index >= 15 is 0 Å². The molecule has 6 nitrogen and oxygen atoms in total. The van der Waals surface area contributed by atoms with Crippen LogP contribution in [0.15, 0.2) is 65.5 Å². The number of nitrogen functional groups attached to an aromatic ring is 1. The molecule has 0 atom stereocenters. The largest absolute Gasteiger partial charge is 0.399 e. The monoisotopic (exact) mass is 462 g/mol. The van der Waals surface area contributed by atoms with Gasteiger partial charge in [-0.3, -0.25) is 14.6 Å². The SMILES string of the molecule is Nc1cccc(CN2CCC(n3cc(-c4cnc5cccc(Br)c5n4)cn3)CC2)c1. The molecule has 1 saturated heterocycles. The average molecular weight is 463 g/mol. The lowest BCUT2D eigenvalue weighted by atomic mass is 10.0. The van der Waals surface area contributed by atoms with Crippen LogP contribution in [-0.2, 0) is 6.54 Å². The van der Waals surface area contributed by atoms with Crippen molar-refractivity contribution in [3.63, 3.8) is 0 Å². The Balaban J connectivity index is 1.27. The van der Waals surface area contributed by atoms with Crippen LogP contribution in [0.4, 0.5) is 5.69 Å². The van der Waals surface area contributed by atoms with Crippen LogP contribution in [0.3, 0.4) is 0 Å². The van der Waals surface area contributed by atoms with E-state index in [4.69, 9.17) is 10.7 Å². The van der Waals surface area contributed by atoms with Gasteiger partial charge in [-0.15, -0.1) is 0 Å². The Labute approximate surface area is 183 Å². The molecule has 0 aliphatic carbocycles. The number of nitrogens with two attached hydrogens (primary N) is 1. The molecule has 0 radical (unpaired) electrons. The van der Waals surface area contributed by atoms with Crippen molar-refractivity contribution < 1.29 is 0 Å². The van der Waals surface area contributed by atoms with Gasteiger partial charge in [0.25, 0.3) is 0 Å². The lowest BCUT2D eigenvalue weighted by Crippen LogP contribution is -2.34. The second-order valence-electron chi connectivity index (χ2n) is 7.82. The van der Waals surface area contributed by atoms with Gasteiger partial charge in [0.15, 0.2) is 0 Å². The lowest BCUT2D eigenvalue weighted by Gasteiger charge is -2.32. The Morgan fingerprint density at radius 1 is 1.07 bits per heavy atom. The standard InChI is InChI=1S/C23H23BrN6/c24-20-5-2-6-21-23(20)28-22(13-26-21)17-12-27-30(15-17)19-7-9-29(10-8-19)14-16-3-1-4-18(25)11-16/h1-6,11-13,15,19H,7-10,14,25H2. The number of rotatable bonds is 4. The van der Waals surface area contributed by atoms with Gasteiger partial charge in [-0.2, -0.15) is 5.10 Å². The van der Waals surface area contributed by atoms with Crippen LogP contribution in [-0.4, -0.2) is 37.7 Å². The highest BCUT2D eigenvalue weighted by Crippen LogP contribution is 2.27. The zero-order chi connectivity index (χ0) is 20.5. The highest BCUT2D eigenvalue weighted by Gasteiger charge is 2.21. The second kappa shape index (κ2) is 8.16. The molecule has 0 saturated carbocycles. The predicted octanol–water partition coefficient (Wildman–Crippen LogP) is 4.68. The molecule has 0 amide bonds. The Bertz CT molecular complexity index is 1180. The Morgan fingerprint density at radius 2 is 1.90 bits per heavy atom. The van der Waals surface area contributed by atoms with Crippen molar-refractivity contribution in [2.45, 2.75) is 25.4 Å². The average Bonchev–Trinajstić information content (AvgIpc) is 3.25. The van der Waals surface area contributed by atoms with Crippen molar-refractivity contribution in [1.29, 1.82) is 0 Å². The van der Waals surface area contributed by atoms with Gasteiger partial charge >= 0.3 is 0 Å². The first-order valence-corrected chi connectivity index (χ1v) is 11.0. The predicted molar refractivity (Wildman–Crippen MR) is 123 cm³/mol. The zero-order valence-electron chi connectivity index (χ0n) is 16.6. The molecule has 0 spiro atoms. The van der Waals surface area contributed by atoms with Crippen LogP contribution >= 0.6 is 15.9 Å². The van der Waals surface area contributed by atoms with E-state index in [0.717, 1.165) is 64.9 Å². The summed E-state index contributed by atoms with van der Waals surface area (Å²) in [6, 6.07) is 14.5. The first-order chi connectivity index (χ1) is 14.7. The number of hydrogen-bond acceptors (Lipinski definition) is 5. The van der Waals surface area contributed by atoms with Crippen molar-refractivity contribution in [3.05, 3.63) is 71.1 Å². The fraction of sp³-hybridized carbons (Fsp3) is 0.261. The molecular formula is C23H23BrN6. The summed E-state index contributed by atoms with van der Waals surface area (Å²) in [5.41, 5.74) is 11.6. The van der Waals surface area contributed by atoms with Crippen LogP contribution < -0.4 is 5.73 Å². The third-order valence-corrected chi connectivity index (χ3v) is 6.35. The summed E-state index contributed by atoms with van der Waals surface area (Å²) in [5, 5.41) is 4.64. The van der Waals surface area contributed by atoms with Crippen molar-refractivity contribution in [3.8, 4) is 11.3 Å². The third kappa shape index (κ3) is 3.95. The van der Waals surface area contributed by atoms with Gasteiger partial charge < -0.3 is 5.73 Å². The summed E-state index contributed by atoms with van der Waals surface area (Å²) in [5.74, 6) is 0. The molecule has 30 heavy (non-hydrogen) atoms. The van der Waals surface area contributed by atoms with Gasteiger partial charge in [-0.05, 0) is 58.6 Å². The van der Waals surface area contributed by atoms with Gasteiger partial charge in [-0.1, -0.05) is 18.2 Å². The molecule has 2 N–H and O–H groups in total. The van der Waals surface area contributed by atoms with Gasteiger partial charge in [0.05, 0.1) is 29.6 Å². The molecule has 5 rings (SSSR count). The fourth-order valence-corrected chi connectivity index (χ4v) is 4.54. The quantitative estimate of drug-likeness (QED) is 0.445. The molecule has 1 aliphatic rings. The molecule has 152 valence electrons. The molecule has 0 bridgehead atoms. The van der Waals surface area contributed by atoms with E-state index in [9.17, 15) is 0 Å². The normalized spacial score (nSPS) is 15.6. The Hall–Kier alpha value is -2.77. The van der Waals surface area contributed by atoms with E-state index in [-0.39, 0.29) is 0 Å². The summed E-state index contributed by atoms with van der Waals surface area (Å²) < 4.78 is 3.05. The first kappa shape index (κ1) is 19.2. The number of likely N-dealkylation sites (tertiary alicyclic amines) is 1. The maximum absolute atomic E-state index is 5.91. The Kier molecular flexibility index (Phi) is 5.23. The molecule has 2 aromatic carbocycles. The van der Waals surface area contributed by atoms with Crippen LogP contribution in [0.25, 0.3) is 22.3 Å². The summed E-state index contributed by atoms with van der Waals surface area (Å²) >= 11 is 3.57. The highest BCUT2D eigenvalue weighted by atomic mass is 79.9. The molecule has 0 unspecified atom stereocenters. The van der Waals surface area contributed by atoms with Crippen molar-refractivity contribution in [1.82, 2.24) is 24.6 Å². The van der Waals surface area contributed by atoms with Crippen molar-refractivity contribution in [2.24, 2.45) is 0 Å². The second-order valence-corrected chi connectivity index (χ2v) is 8.68. The number of piperidine rings is 1. The van der Waals surface area contributed by atoms with Gasteiger partial charge in [0.2, 0.25) is 0 Å². The van der Waals surface area contributed by atoms with E-state index in [1.807, 2.05) is 42.7 Å². The van der Waals surface area contributed by atoms with Crippen molar-refractivity contribution in [2.75, 3.05) is 18.8 Å². The number of para-hydroxylation sites is 1. The molecule has 1 fully saturated rings. The summed E-state index contributed by atoms with van der Waals surface area (Å²) in [6.07, 6.45) is 7.98. The van der Waals surface area contributed by atoms with E-state index in [1.165, 1.54) is 5.56 Å². The number of hydrogen-bond donors (Lipinski definition) is 1. The highest BCUT2D eigenvalue weighted by molar-refractivity contribution is 9.10. The fourth-order valence-electron chi connectivity index (χ4n) is 4.10. The Morgan fingerprint density at radius 3 is 2.73 bits per heavy atom. The molecule has 1 aliphatic heterocycles. The lowest BCUT2D eigenvalue weighted by molar-refractivity contribution is 0.173. The minimum absolute atomic E-state index is 0.413. The number of halogens is 1. The molecule has 4 aromatic rings. The number of nitrogens with zero attached hydrogens (tertiary/aromatic N) is 5. The van der Waals surface area contributed by atoms with Gasteiger partial charge in [0.1, 0.15) is 5.52 Å². The summed E-state index contributed by atoms with van der Waals surface area (Å²) in [7, 11) is 0. The summed E-state index contributed by atoms with van der Waals surface area (Å²) in [6.45, 7) is 3.05. The first-order valence-electron chi connectivity index (χ1n) is 10.2. The van der Waals surface area contributed by atoms with Crippen LogP contribution in [0, 0.1) is 0 Å². The smallest absolute Gasteiger partial charge is 0.104 e. The van der Waals surface area contributed by atoms with Gasteiger partial charge in [0, 0.05) is 41.6 Å². The maximum atomic E-state index is 5.91. The van der Waals surface area contributed by atoms with E-state index in [2.05, 4.69) is 53.9 Å². The number of benzene rings is 2. The number of fused-ring (bicyclic) bond motifs is 1. The van der Waals surface area contributed by atoms with E-state index in [1.54, 1.807) is 0 Å². The molecule has 7 heteroatoms. The minimum Gasteiger partial charge on any atom is -0.399 e. The minimum atomic E-state index is 0.413. The maximum Gasteiger partial charge on any atom is 0.104 e. The number of anilines is 1.